The molecule has 1 aliphatic rings. The van der Waals surface area contributed by atoms with E-state index in [0.717, 1.165) is 16.9 Å². The number of imidazole rings is 1. The lowest BCUT2D eigenvalue weighted by molar-refractivity contribution is 0.401. The number of H-pyrrole nitrogens is 1. The Labute approximate surface area is 120 Å². The fourth-order valence-corrected chi connectivity index (χ4v) is 3.14. The third-order valence-electron chi connectivity index (χ3n) is 4.15. The number of aromatic amines is 1. The van der Waals surface area contributed by atoms with Crippen molar-refractivity contribution in [2.24, 2.45) is 0 Å². The van der Waals surface area contributed by atoms with Gasteiger partial charge in [-0.1, -0.05) is 12.1 Å². The maximum absolute atomic E-state index is 4.66. The number of hydrogen-bond donors (Lipinski definition) is 3. The molecule has 20 heavy (non-hydrogen) atoms. The molecule has 0 spiro atoms. The number of rotatable bonds is 5. The molecule has 4 heteroatoms. The molecule has 2 aromatic rings. The molecule has 0 radical (unpaired) electrons. The topological polar surface area (TPSA) is 52.7 Å². The Morgan fingerprint density at radius 1 is 1.35 bits per heavy atom. The van der Waals surface area contributed by atoms with Gasteiger partial charge >= 0.3 is 0 Å². The predicted octanol–water partition coefficient (Wildman–Crippen LogP) is 2.74. The van der Waals surface area contributed by atoms with Gasteiger partial charge in [-0.15, -0.1) is 0 Å². The van der Waals surface area contributed by atoms with Crippen molar-refractivity contribution < 1.29 is 0 Å². The quantitative estimate of drug-likeness (QED) is 0.784. The molecule has 0 bridgehead atoms. The van der Waals surface area contributed by atoms with E-state index in [0.29, 0.717) is 12.1 Å². The normalized spacial score (nSPS) is 22.2. The van der Waals surface area contributed by atoms with Crippen molar-refractivity contribution in [1.82, 2.24) is 20.6 Å². The third-order valence-corrected chi connectivity index (χ3v) is 4.15. The summed E-state index contributed by atoms with van der Waals surface area (Å²) in [6, 6.07) is 9.61. The number of hydrogen-bond acceptors (Lipinski definition) is 3. The van der Waals surface area contributed by atoms with E-state index in [9.17, 15) is 0 Å². The zero-order valence-corrected chi connectivity index (χ0v) is 12.3. The number of benzene rings is 1. The summed E-state index contributed by atoms with van der Waals surface area (Å²) in [6.07, 6.45) is 3.81. The molecular formula is C16H24N4. The second-order valence-corrected chi connectivity index (χ2v) is 5.96. The monoisotopic (exact) mass is 272 g/mol. The summed E-state index contributed by atoms with van der Waals surface area (Å²) < 4.78 is 0. The first-order valence-corrected chi connectivity index (χ1v) is 7.66. The minimum absolute atomic E-state index is 0.249. The molecule has 1 fully saturated rings. The fraction of sp³-hybridized carbons (Fsp3) is 0.562. The van der Waals surface area contributed by atoms with E-state index in [2.05, 4.69) is 40.5 Å². The van der Waals surface area contributed by atoms with E-state index < -0.39 is 0 Å². The van der Waals surface area contributed by atoms with E-state index in [4.69, 9.17) is 0 Å². The lowest BCUT2D eigenvalue weighted by Crippen LogP contribution is -2.35. The van der Waals surface area contributed by atoms with Crippen LogP contribution in [0.2, 0.25) is 0 Å². The van der Waals surface area contributed by atoms with Crippen molar-refractivity contribution in [3.05, 3.63) is 30.1 Å². The van der Waals surface area contributed by atoms with Crippen LogP contribution in [0, 0.1) is 0 Å². The lowest BCUT2D eigenvalue weighted by Gasteiger charge is -2.21. The number of aromatic nitrogens is 2. The number of para-hydroxylation sites is 2. The highest BCUT2D eigenvalue weighted by molar-refractivity contribution is 5.74. The second kappa shape index (κ2) is 5.94. The highest BCUT2D eigenvalue weighted by Crippen LogP contribution is 2.17. The molecule has 3 atom stereocenters. The molecule has 1 aromatic heterocycles. The van der Waals surface area contributed by atoms with Gasteiger partial charge < -0.3 is 15.6 Å². The highest BCUT2D eigenvalue weighted by Gasteiger charge is 2.19. The average Bonchev–Trinajstić information content (AvgIpc) is 3.06. The Hall–Kier alpha value is -1.39. The average molecular weight is 272 g/mol. The molecule has 0 saturated carbocycles. The van der Waals surface area contributed by atoms with Crippen LogP contribution >= 0.6 is 0 Å². The van der Waals surface area contributed by atoms with Gasteiger partial charge in [-0.2, -0.15) is 0 Å². The summed E-state index contributed by atoms with van der Waals surface area (Å²) in [7, 11) is 0. The molecule has 0 amide bonds. The van der Waals surface area contributed by atoms with Gasteiger partial charge in [0.2, 0.25) is 0 Å². The van der Waals surface area contributed by atoms with E-state index in [-0.39, 0.29) is 6.04 Å². The molecule has 1 aliphatic heterocycles. The van der Waals surface area contributed by atoms with Crippen molar-refractivity contribution in [3.63, 3.8) is 0 Å². The fourth-order valence-electron chi connectivity index (χ4n) is 3.14. The van der Waals surface area contributed by atoms with E-state index in [1.807, 2.05) is 18.2 Å². The van der Waals surface area contributed by atoms with E-state index in [1.165, 1.54) is 25.8 Å². The van der Waals surface area contributed by atoms with Crippen molar-refractivity contribution in [1.29, 1.82) is 0 Å². The first-order chi connectivity index (χ1) is 9.72. The Bertz CT molecular complexity index is 523. The van der Waals surface area contributed by atoms with Gasteiger partial charge in [-0.3, -0.25) is 0 Å². The maximum Gasteiger partial charge on any atom is 0.124 e. The largest absolute Gasteiger partial charge is 0.341 e. The SMILES string of the molecule is CC(CC1CCCN1)NC(C)c1nc2ccccc2[nH]1. The number of nitrogens with one attached hydrogen (secondary N) is 3. The molecule has 3 N–H and O–H groups in total. The molecular weight excluding hydrogens is 248 g/mol. The standard InChI is InChI=1S/C16H24N4/c1-11(10-13-6-5-9-17-13)18-12(2)16-19-14-7-3-4-8-15(14)20-16/h3-4,7-8,11-13,17-18H,5-6,9-10H2,1-2H3,(H,19,20). The second-order valence-electron chi connectivity index (χ2n) is 5.96. The first-order valence-electron chi connectivity index (χ1n) is 7.66. The van der Waals surface area contributed by atoms with Gasteiger partial charge in [-0.25, -0.2) is 4.98 Å². The van der Waals surface area contributed by atoms with E-state index in [1.54, 1.807) is 0 Å². The van der Waals surface area contributed by atoms with Crippen molar-refractivity contribution in [2.75, 3.05) is 6.54 Å². The summed E-state index contributed by atoms with van der Waals surface area (Å²) in [5.74, 6) is 1.03. The maximum atomic E-state index is 4.66. The van der Waals surface area contributed by atoms with Crippen LogP contribution in [0.15, 0.2) is 24.3 Å². The number of fused-ring (bicyclic) bond motifs is 1. The lowest BCUT2D eigenvalue weighted by atomic mass is 10.1. The Morgan fingerprint density at radius 3 is 2.95 bits per heavy atom. The van der Waals surface area contributed by atoms with Crippen LogP contribution in [-0.4, -0.2) is 28.6 Å². The Balaban J connectivity index is 1.61. The summed E-state index contributed by atoms with van der Waals surface area (Å²) in [6.45, 7) is 5.62. The van der Waals surface area contributed by atoms with Crippen LogP contribution in [0.4, 0.5) is 0 Å². The van der Waals surface area contributed by atoms with E-state index >= 15 is 0 Å². The molecule has 3 rings (SSSR count). The summed E-state index contributed by atoms with van der Waals surface area (Å²) >= 11 is 0. The molecule has 0 aliphatic carbocycles. The molecule has 2 heterocycles. The van der Waals surface area contributed by atoms with Gasteiger partial charge in [-0.05, 0) is 51.8 Å². The smallest absolute Gasteiger partial charge is 0.124 e. The van der Waals surface area contributed by atoms with Crippen LogP contribution < -0.4 is 10.6 Å². The summed E-state index contributed by atoms with van der Waals surface area (Å²) in [5, 5.41) is 7.21. The van der Waals surface area contributed by atoms with Crippen molar-refractivity contribution >= 4 is 11.0 Å². The van der Waals surface area contributed by atoms with Gasteiger partial charge in [0.25, 0.3) is 0 Å². The third kappa shape index (κ3) is 3.02. The first kappa shape index (κ1) is 13.6. The van der Waals surface area contributed by atoms with Crippen LogP contribution in [0.1, 0.15) is 45.0 Å². The molecule has 3 unspecified atom stereocenters. The zero-order chi connectivity index (χ0) is 13.9. The Morgan fingerprint density at radius 2 is 2.20 bits per heavy atom. The van der Waals surface area contributed by atoms with Crippen LogP contribution in [-0.2, 0) is 0 Å². The summed E-state index contributed by atoms with van der Waals surface area (Å²) in [5.41, 5.74) is 2.16. The van der Waals surface area contributed by atoms with Crippen LogP contribution in [0.3, 0.4) is 0 Å². The molecule has 1 aromatic carbocycles. The zero-order valence-electron chi connectivity index (χ0n) is 12.3. The highest BCUT2D eigenvalue weighted by atomic mass is 15.0. The van der Waals surface area contributed by atoms with Gasteiger partial charge in [0.05, 0.1) is 17.1 Å². The number of nitrogens with zero attached hydrogens (tertiary/aromatic N) is 1. The van der Waals surface area contributed by atoms with Crippen molar-refractivity contribution in [3.8, 4) is 0 Å². The van der Waals surface area contributed by atoms with Gasteiger partial charge in [0, 0.05) is 12.1 Å². The predicted molar refractivity (Wildman–Crippen MR) is 82.7 cm³/mol. The molecule has 4 nitrogen and oxygen atoms in total. The minimum Gasteiger partial charge on any atom is -0.341 e. The van der Waals surface area contributed by atoms with Crippen LogP contribution in [0.25, 0.3) is 11.0 Å². The molecule has 1 saturated heterocycles. The summed E-state index contributed by atoms with van der Waals surface area (Å²) in [4.78, 5) is 8.07. The van der Waals surface area contributed by atoms with Crippen LogP contribution in [0.5, 0.6) is 0 Å². The Kier molecular flexibility index (Phi) is 4.03. The minimum atomic E-state index is 0.249. The van der Waals surface area contributed by atoms with Crippen molar-refractivity contribution in [2.45, 2.75) is 51.2 Å². The van der Waals surface area contributed by atoms with Gasteiger partial charge in [0.15, 0.2) is 0 Å². The molecule has 108 valence electrons. The van der Waals surface area contributed by atoms with Gasteiger partial charge in [0.1, 0.15) is 5.82 Å².